The summed E-state index contributed by atoms with van der Waals surface area (Å²) in [6.07, 6.45) is 0. The van der Waals surface area contributed by atoms with Crippen LogP contribution in [0.15, 0.2) is 29.2 Å². The molecule has 0 saturated carbocycles. The molecule has 6 nitrogen and oxygen atoms in total. The third-order valence-electron chi connectivity index (χ3n) is 3.36. The highest BCUT2D eigenvalue weighted by Gasteiger charge is 2.18. The molecule has 0 aliphatic heterocycles. The number of ketones is 1. The number of benzene rings is 1. The summed E-state index contributed by atoms with van der Waals surface area (Å²) < 4.78 is 25.4. The van der Waals surface area contributed by atoms with Crippen molar-refractivity contribution in [2.75, 3.05) is 26.0 Å². The highest BCUT2D eigenvalue weighted by Crippen LogP contribution is 2.21. The normalized spacial score (nSPS) is 11.7. The maximum Gasteiger partial charge on any atom is 0.242 e. The van der Waals surface area contributed by atoms with E-state index >= 15 is 0 Å². The molecule has 0 bridgehead atoms. The van der Waals surface area contributed by atoms with Crippen LogP contribution in [0.5, 0.6) is 0 Å². The summed E-state index contributed by atoms with van der Waals surface area (Å²) >= 11 is 1.49. The Balaban J connectivity index is 2.14. The molecule has 0 fully saturated rings. The number of sulfonamides is 1. The molecule has 0 unspecified atom stereocenters. The Labute approximate surface area is 140 Å². The predicted octanol–water partition coefficient (Wildman–Crippen LogP) is 2.31. The van der Waals surface area contributed by atoms with Crippen LogP contribution in [-0.4, -0.2) is 44.1 Å². The van der Waals surface area contributed by atoms with Crippen molar-refractivity contribution in [3.8, 4) is 0 Å². The van der Waals surface area contributed by atoms with Gasteiger partial charge in [0.15, 0.2) is 10.9 Å². The van der Waals surface area contributed by atoms with Crippen molar-refractivity contribution < 1.29 is 13.2 Å². The van der Waals surface area contributed by atoms with Crippen molar-refractivity contribution in [3.05, 3.63) is 40.4 Å². The van der Waals surface area contributed by atoms with Gasteiger partial charge >= 0.3 is 0 Å². The first kappa shape index (κ1) is 17.6. The standard InChI is InChI=1S/C15H19N3O3S2/c1-10-11(2)22-15(17-10)16-9-14(19)12-6-5-7-13(8-12)23(20,21)18(3)4/h5-8H,9H2,1-4H3,(H,16,17). The lowest BCUT2D eigenvalue weighted by molar-refractivity contribution is 0.101. The largest absolute Gasteiger partial charge is 0.354 e. The monoisotopic (exact) mass is 353 g/mol. The fourth-order valence-corrected chi connectivity index (χ4v) is 3.61. The molecule has 0 aliphatic carbocycles. The number of rotatable bonds is 6. The highest BCUT2D eigenvalue weighted by atomic mass is 32.2. The van der Waals surface area contributed by atoms with Gasteiger partial charge in [0, 0.05) is 24.5 Å². The van der Waals surface area contributed by atoms with Gasteiger partial charge in [-0.1, -0.05) is 12.1 Å². The summed E-state index contributed by atoms with van der Waals surface area (Å²) in [7, 11) is -0.638. The fraction of sp³-hybridized carbons (Fsp3) is 0.333. The second kappa shape index (κ2) is 6.77. The molecule has 0 aliphatic rings. The van der Waals surface area contributed by atoms with Crippen LogP contribution in [0, 0.1) is 13.8 Å². The molecule has 2 aromatic rings. The second-order valence-corrected chi connectivity index (χ2v) is 8.61. The lowest BCUT2D eigenvalue weighted by Gasteiger charge is -2.12. The van der Waals surface area contributed by atoms with Gasteiger partial charge < -0.3 is 5.32 Å². The third kappa shape index (κ3) is 3.95. The molecule has 0 saturated heterocycles. The summed E-state index contributed by atoms with van der Waals surface area (Å²) in [5.41, 5.74) is 1.29. The van der Waals surface area contributed by atoms with Crippen LogP contribution in [0.2, 0.25) is 0 Å². The van der Waals surface area contributed by atoms with Gasteiger partial charge in [-0.15, -0.1) is 11.3 Å². The number of nitrogens with one attached hydrogen (secondary N) is 1. The first-order chi connectivity index (χ1) is 10.7. The van der Waals surface area contributed by atoms with Crippen LogP contribution in [0.25, 0.3) is 0 Å². The summed E-state index contributed by atoms with van der Waals surface area (Å²) in [6, 6.07) is 6.06. The van der Waals surface area contributed by atoms with Gasteiger partial charge in [0.2, 0.25) is 10.0 Å². The predicted molar refractivity (Wildman–Crippen MR) is 91.7 cm³/mol. The van der Waals surface area contributed by atoms with E-state index in [-0.39, 0.29) is 17.2 Å². The first-order valence-corrected chi connectivity index (χ1v) is 9.21. The molecule has 124 valence electrons. The molecule has 1 aromatic heterocycles. The number of hydrogen-bond donors (Lipinski definition) is 1. The minimum atomic E-state index is -3.55. The number of aromatic nitrogens is 1. The minimum absolute atomic E-state index is 0.0673. The number of aryl methyl sites for hydroxylation is 2. The fourth-order valence-electron chi connectivity index (χ4n) is 1.85. The van der Waals surface area contributed by atoms with Crippen LogP contribution in [0.4, 0.5) is 5.13 Å². The van der Waals surface area contributed by atoms with Crippen LogP contribution in [-0.2, 0) is 10.0 Å². The van der Waals surface area contributed by atoms with Gasteiger partial charge in [-0.05, 0) is 26.0 Å². The maximum absolute atomic E-state index is 12.3. The van der Waals surface area contributed by atoms with Gasteiger partial charge in [-0.2, -0.15) is 0 Å². The Morgan fingerprint density at radius 3 is 2.57 bits per heavy atom. The average molecular weight is 353 g/mol. The Morgan fingerprint density at radius 2 is 2.00 bits per heavy atom. The van der Waals surface area contributed by atoms with E-state index in [4.69, 9.17) is 0 Å². The van der Waals surface area contributed by atoms with Crippen molar-refractivity contribution in [2.45, 2.75) is 18.7 Å². The SMILES string of the molecule is Cc1nc(NCC(=O)c2cccc(S(=O)(=O)N(C)C)c2)sc1C. The number of Topliss-reactive ketones (excluding diaryl/α,β-unsaturated/α-hetero) is 1. The van der Waals surface area contributed by atoms with E-state index in [0.29, 0.717) is 10.7 Å². The number of carbonyl (C=O) groups excluding carboxylic acids is 1. The van der Waals surface area contributed by atoms with Crippen molar-refractivity contribution in [1.29, 1.82) is 0 Å². The van der Waals surface area contributed by atoms with E-state index in [1.807, 2.05) is 13.8 Å². The maximum atomic E-state index is 12.3. The number of thiazole rings is 1. The van der Waals surface area contributed by atoms with Crippen LogP contribution >= 0.6 is 11.3 Å². The molecule has 1 heterocycles. The van der Waals surface area contributed by atoms with Gasteiger partial charge in [0.25, 0.3) is 0 Å². The van der Waals surface area contributed by atoms with Crippen molar-refractivity contribution in [2.24, 2.45) is 0 Å². The Kier molecular flexibility index (Phi) is 5.18. The molecular weight excluding hydrogens is 334 g/mol. The molecule has 1 aromatic carbocycles. The Hall–Kier alpha value is -1.77. The zero-order valence-electron chi connectivity index (χ0n) is 13.5. The summed E-state index contributed by atoms with van der Waals surface area (Å²) in [5, 5.41) is 3.67. The second-order valence-electron chi connectivity index (χ2n) is 5.25. The topological polar surface area (TPSA) is 79.4 Å². The molecular formula is C15H19N3O3S2. The quantitative estimate of drug-likeness (QED) is 0.806. The van der Waals surface area contributed by atoms with Gasteiger partial charge in [-0.3, -0.25) is 4.79 Å². The lowest BCUT2D eigenvalue weighted by Crippen LogP contribution is -2.22. The summed E-state index contributed by atoms with van der Waals surface area (Å²) in [6.45, 7) is 3.95. The van der Waals surface area contributed by atoms with Crippen LogP contribution in [0.1, 0.15) is 20.9 Å². The molecule has 1 N–H and O–H groups in total. The highest BCUT2D eigenvalue weighted by molar-refractivity contribution is 7.89. The smallest absolute Gasteiger partial charge is 0.242 e. The summed E-state index contributed by atoms with van der Waals surface area (Å²) in [4.78, 5) is 17.8. The number of hydrogen-bond acceptors (Lipinski definition) is 6. The van der Waals surface area contributed by atoms with E-state index in [1.165, 1.54) is 37.6 Å². The third-order valence-corrected chi connectivity index (χ3v) is 6.20. The molecule has 2 rings (SSSR count). The van der Waals surface area contributed by atoms with Gasteiger partial charge in [0.05, 0.1) is 17.1 Å². The van der Waals surface area contributed by atoms with Gasteiger partial charge in [-0.25, -0.2) is 17.7 Å². The van der Waals surface area contributed by atoms with E-state index < -0.39 is 10.0 Å². The molecule has 0 spiro atoms. The lowest BCUT2D eigenvalue weighted by atomic mass is 10.1. The van der Waals surface area contributed by atoms with Crippen LogP contribution in [0.3, 0.4) is 0 Å². The van der Waals surface area contributed by atoms with Crippen molar-refractivity contribution in [3.63, 3.8) is 0 Å². The van der Waals surface area contributed by atoms with Crippen molar-refractivity contribution in [1.82, 2.24) is 9.29 Å². The van der Waals surface area contributed by atoms with E-state index in [9.17, 15) is 13.2 Å². The minimum Gasteiger partial charge on any atom is -0.354 e. The molecule has 0 radical (unpaired) electrons. The number of nitrogens with zero attached hydrogens (tertiary/aromatic N) is 2. The number of anilines is 1. The average Bonchev–Trinajstić information content (AvgIpc) is 2.83. The Bertz CT molecular complexity index is 807. The van der Waals surface area contributed by atoms with Crippen molar-refractivity contribution >= 4 is 32.3 Å². The van der Waals surface area contributed by atoms with Crippen LogP contribution < -0.4 is 5.32 Å². The molecule has 0 amide bonds. The van der Waals surface area contributed by atoms with E-state index in [0.717, 1.165) is 14.9 Å². The molecule has 0 atom stereocenters. The zero-order valence-corrected chi connectivity index (χ0v) is 15.1. The molecule has 23 heavy (non-hydrogen) atoms. The first-order valence-electron chi connectivity index (χ1n) is 6.95. The van der Waals surface area contributed by atoms with E-state index in [1.54, 1.807) is 12.1 Å². The number of carbonyl (C=O) groups is 1. The Morgan fingerprint density at radius 1 is 1.30 bits per heavy atom. The van der Waals surface area contributed by atoms with Gasteiger partial charge in [0.1, 0.15) is 0 Å². The molecule has 8 heteroatoms. The van der Waals surface area contributed by atoms with E-state index in [2.05, 4.69) is 10.3 Å². The summed E-state index contributed by atoms with van der Waals surface area (Å²) in [5.74, 6) is -0.189. The zero-order chi connectivity index (χ0) is 17.2.